The maximum Gasteiger partial charge on any atom is 0.268 e. The highest BCUT2D eigenvalue weighted by atomic mass is 32.2. The molecule has 1 fully saturated rings. The van der Waals surface area contributed by atoms with E-state index in [4.69, 9.17) is 9.11 Å². The first-order valence-electron chi connectivity index (χ1n) is 7.01. The molecule has 1 aliphatic rings. The second-order valence-electron chi connectivity index (χ2n) is 5.85. The SMILES string of the molecule is [NH3+]C(CC1CCC(=C(CS(=O)(=O)O)CS(=O)(=O)O)CC1)C(=O)[O-]. The molecule has 0 aromatic rings. The van der Waals surface area contributed by atoms with Crippen molar-refractivity contribution in [3.8, 4) is 0 Å². The van der Waals surface area contributed by atoms with E-state index < -0.39 is 43.8 Å². The summed E-state index contributed by atoms with van der Waals surface area (Å²) in [6.45, 7) is 0. The van der Waals surface area contributed by atoms with Crippen molar-refractivity contribution in [2.45, 2.75) is 38.1 Å². The number of hydrogen-bond acceptors (Lipinski definition) is 6. The highest BCUT2D eigenvalue weighted by molar-refractivity contribution is 7.87. The van der Waals surface area contributed by atoms with Gasteiger partial charge in [-0.25, -0.2) is 0 Å². The van der Waals surface area contributed by atoms with Crippen LogP contribution < -0.4 is 10.8 Å². The van der Waals surface area contributed by atoms with Crippen molar-refractivity contribution in [3.63, 3.8) is 0 Å². The maximum absolute atomic E-state index is 11.0. The molecule has 0 bridgehead atoms. The molecule has 0 amide bonds. The van der Waals surface area contributed by atoms with Gasteiger partial charge in [0.25, 0.3) is 20.2 Å². The van der Waals surface area contributed by atoms with Crippen LogP contribution >= 0.6 is 0 Å². The summed E-state index contributed by atoms with van der Waals surface area (Å²) in [5.41, 5.74) is 4.02. The monoisotopic (exact) mass is 371 g/mol. The Labute approximate surface area is 135 Å². The summed E-state index contributed by atoms with van der Waals surface area (Å²) >= 11 is 0. The quantitative estimate of drug-likeness (QED) is 0.340. The van der Waals surface area contributed by atoms with Crippen molar-refractivity contribution in [3.05, 3.63) is 11.1 Å². The van der Waals surface area contributed by atoms with Gasteiger partial charge >= 0.3 is 0 Å². The first kappa shape index (κ1) is 20.0. The van der Waals surface area contributed by atoms with E-state index in [0.717, 1.165) is 0 Å². The number of aliphatic carboxylic acids is 1. The van der Waals surface area contributed by atoms with Crippen molar-refractivity contribution in [1.82, 2.24) is 0 Å². The van der Waals surface area contributed by atoms with Crippen LogP contribution in [0.25, 0.3) is 0 Å². The maximum atomic E-state index is 11.0. The van der Waals surface area contributed by atoms with Crippen molar-refractivity contribution in [2.24, 2.45) is 5.92 Å². The average molecular weight is 371 g/mol. The molecule has 0 aromatic heterocycles. The predicted octanol–water partition coefficient (Wildman–Crippen LogP) is -2.00. The van der Waals surface area contributed by atoms with Gasteiger partial charge in [-0.05, 0) is 37.2 Å². The van der Waals surface area contributed by atoms with Crippen LogP contribution in [-0.2, 0) is 25.0 Å². The number of carbonyl (C=O) groups is 1. The number of hydrogen-bond donors (Lipinski definition) is 3. The van der Waals surface area contributed by atoms with Crippen LogP contribution in [0.2, 0.25) is 0 Å². The van der Waals surface area contributed by atoms with Crippen LogP contribution in [-0.4, -0.2) is 49.5 Å². The van der Waals surface area contributed by atoms with Gasteiger partial charge in [0, 0.05) is 6.42 Å². The predicted molar refractivity (Wildman–Crippen MR) is 78.1 cm³/mol. The Bertz CT molecular complexity index is 634. The third-order valence-electron chi connectivity index (χ3n) is 3.87. The molecule has 134 valence electrons. The van der Waals surface area contributed by atoms with Crippen LogP contribution in [0.3, 0.4) is 0 Å². The zero-order valence-corrected chi connectivity index (χ0v) is 14.1. The Morgan fingerprint density at radius 3 is 1.91 bits per heavy atom. The van der Waals surface area contributed by atoms with Crippen molar-refractivity contribution in [2.75, 3.05) is 11.5 Å². The normalized spacial score (nSPS) is 21.0. The molecule has 0 saturated heterocycles. The largest absolute Gasteiger partial charge is 0.544 e. The Morgan fingerprint density at radius 1 is 1.13 bits per heavy atom. The molecule has 1 saturated carbocycles. The lowest BCUT2D eigenvalue weighted by molar-refractivity contribution is -0.440. The van der Waals surface area contributed by atoms with Gasteiger partial charge < -0.3 is 15.6 Å². The first-order valence-corrected chi connectivity index (χ1v) is 10.2. The van der Waals surface area contributed by atoms with Crippen molar-refractivity contribution in [1.29, 1.82) is 0 Å². The van der Waals surface area contributed by atoms with E-state index in [2.05, 4.69) is 5.73 Å². The van der Waals surface area contributed by atoms with Crippen molar-refractivity contribution < 1.29 is 41.6 Å². The van der Waals surface area contributed by atoms with E-state index in [9.17, 15) is 26.7 Å². The highest BCUT2D eigenvalue weighted by Gasteiger charge is 2.25. The lowest BCUT2D eigenvalue weighted by Gasteiger charge is -2.27. The van der Waals surface area contributed by atoms with Crippen LogP contribution in [0, 0.1) is 5.92 Å². The van der Waals surface area contributed by atoms with Gasteiger partial charge in [0.15, 0.2) is 0 Å². The first-order chi connectivity index (χ1) is 10.4. The molecule has 1 unspecified atom stereocenters. The lowest BCUT2D eigenvalue weighted by atomic mass is 9.81. The summed E-state index contributed by atoms with van der Waals surface area (Å²) < 4.78 is 61.9. The Hall–Kier alpha value is -1.01. The number of allylic oxidation sites excluding steroid dienone is 1. The molecule has 0 aliphatic heterocycles. The number of rotatable bonds is 7. The lowest BCUT2D eigenvalue weighted by Crippen LogP contribution is -2.68. The van der Waals surface area contributed by atoms with E-state index in [1.807, 2.05) is 0 Å². The summed E-state index contributed by atoms with van der Waals surface area (Å²) in [7, 11) is -8.84. The Morgan fingerprint density at radius 2 is 1.57 bits per heavy atom. The summed E-state index contributed by atoms with van der Waals surface area (Å²) in [4.78, 5) is 10.7. The Kier molecular flexibility index (Phi) is 6.71. The number of carbonyl (C=O) groups excluding carboxylic acids is 1. The van der Waals surface area contributed by atoms with Gasteiger partial charge in [-0.2, -0.15) is 16.8 Å². The molecule has 11 heteroatoms. The molecular weight excluding hydrogens is 350 g/mol. The fourth-order valence-corrected chi connectivity index (χ4v) is 4.42. The summed E-state index contributed by atoms with van der Waals surface area (Å²) in [6, 6.07) is -0.833. The second-order valence-corrected chi connectivity index (χ2v) is 8.76. The summed E-state index contributed by atoms with van der Waals surface area (Å²) in [5.74, 6) is -2.85. The van der Waals surface area contributed by atoms with Gasteiger partial charge in [-0.3, -0.25) is 9.11 Å². The van der Waals surface area contributed by atoms with Crippen LogP contribution in [0.1, 0.15) is 32.1 Å². The molecule has 9 nitrogen and oxygen atoms in total. The van der Waals surface area contributed by atoms with Crippen LogP contribution in [0.4, 0.5) is 0 Å². The molecule has 23 heavy (non-hydrogen) atoms. The molecular formula is C12H21NO8S2. The van der Waals surface area contributed by atoms with Crippen LogP contribution in [0.15, 0.2) is 11.1 Å². The fourth-order valence-electron chi connectivity index (χ4n) is 2.80. The van der Waals surface area contributed by atoms with Gasteiger partial charge in [-0.15, -0.1) is 0 Å². The van der Waals surface area contributed by atoms with Gasteiger partial charge in [0.2, 0.25) is 0 Å². The van der Waals surface area contributed by atoms with E-state index in [1.165, 1.54) is 0 Å². The average Bonchev–Trinajstić information content (AvgIpc) is 2.35. The van der Waals surface area contributed by atoms with E-state index in [0.29, 0.717) is 37.7 Å². The zero-order chi connectivity index (χ0) is 17.8. The van der Waals surface area contributed by atoms with E-state index >= 15 is 0 Å². The van der Waals surface area contributed by atoms with E-state index in [-0.39, 0.29) is 11.5 Å². The zero-order valence-electron chi connectivity index (χ0n) is 12.5. The summed E-state index contributed by atoms with van der Waals surface area (Å²) in [6.07, 6.45) is 2.20. The molecule has 5 N–H and O–H groups in total. The van der Waals surface area contributed by atoms with Gasteiger partial charge in [-0.1, -0.05) is 5.57 Å². The second kappa shape index (κ2) is 7.71. The molecule has 1 aliphatic carbocycles. The molecule has 1 atom stereocenters. The summed E-state index contributed by atoms with van der Waals surface area (Å²) in [5, 5.41) is 10.7. The van der Waals surface area contributed by atoms with Crippen molar-refractivity contribution >= 4 is 26.2 Å². The third kappa shape index (κ3) is 7.88. The number of carboxylic acids is 1. The minimum Gasteiger partial charge on any atom is -0.544 e. The number of carboxylic acid groups (broad SMARTS) is 1. The van der Waals surface area contributed by atoms with Gasteiger partial charge in [0.05, 0.1) is 17.5 Å². The topological polar surface area (TPSA) is 177 Å². The van der Waals surface area contributed by atoms with Gasteiger partial charge in [0.1, 0.15) is 6.04 Å². The molecule has 0 aromatic carbocycles. The Balaban J connectivity index is 2.84. The molecule has 1 rings (SSSR count). The fraction of sp³-hybridized carbons (Fsp3) is 0.750. The minimum atomic E-state index is -4.42. The van der Waals surface area contributed by atoms with E-state index in [1.54, 1.807) is 0 Å². The smallest absolute Gasteiger partial charge is 0.268 e. The standard InChI is InChI=1S/C12H21NO8S2/c13-11(12(14)15)5-8-1-3-9(4-2-8)10(6-22(16,17)18)7-23(19,20)21/h8,11H,1-7,13H2,(H,14,15)(H,16,17,18)(H,19,20,21). The number of quaternary nitrogens is 1. The third-order valence-corrected chi connectivity index (χ3v) is 5.30. The molecule has 0 heterocycles. The molecule has 0 spiro atoms. The highest BCUT2D eigenvalue weighted by Crippen LogP contribution is 2.33. The van der Waals surface area contributed by atoms with Crippen LogP contribution in [0.5, 0.6) is 0 Å². The molecule has 0 radical (unpaired) electrons. The minimum absolute atomic E-state index is 0.0282.